The van der Waals surface area contributed by atoms with Gasteiger partial charge in [-0.3, -0.25) is 9.59 Å². The third-order valence-corrected chi connectivity index (χ3v) is 4.09. The molecule has 7 heteroatoms. The molecule has 0 radical (unpaired) electrons. The van der Waals surface area contributed by atoms with Crippen LogP contribution in [-0.4, -0.2) is 18.0 Å². The monoisotopic (exact) mass is 405 g/mol. The average Bonchev–Trinajstić information content (AvgIpc) is 2.75. The van der Waals surface area contributed by atoms with Gasteiger partial charge in [-0.25, -0.2) is 9.82 Å². The van der Waals surface area contributed by atoms with Crippen molar-refractivity contribution < 1.29 is 18.7 Å². The van der Waals surface area contributed by atoms with Gasteiger partial charge < -0.3 is 10.1 Å². The lowest BCUT2D eigenvalue weighted by atomic mass is 10.2. The molecular weight excluding hydrogens is 385 g/mol. The number of aryl methyl sites for hydroxylation is 1. The number of anilines is 1. The Morgan fingerprint density at radius 3 is 2.53 bits per heavy atom. The minimum Gasteiger partial charge on any atom is -0.489 e. The van der Waals surface area contributed by atoms with Crippen LogP contribution >= 0.6 is 0 Å². The van der Waals surface area contributed by atoms with Crippen LogP contribution in [0.1, 0.15) is 16.7 Å². The smallest absolute Gasteiger partial charge is 0.329 e. The van der Waals surface area contributed by atoms with Gasteiger partial charge in [-0.1, -0.05) is 54.1 Å². The van der Waals surface area contributed by atoms with Crippen molar-refractivity contribution in [2.45, 2.75) is 13.5 Å². The van der Waals surface area contributed by atoms with Crippen LogP contribution in [0.25, 0.3) is 0 Å². The van der Waals surface area contributed by atoms with Crippen molar-refractivity contribution in [1.29, 1.82) is 0 Å². The molecule has 0 aromatic heterocycles. The van der Waals surface area contributed by atoms with Crippen LogP contribution in [0.2, 0.25) is 0 Å². The Morgan fingerprint density at radius 2 is 1.77 bits per heavy atom. The molecule has 0 unspecified atom stereocenters. The summed E-state index contributed by atoms with van der Waals surface area (Å²) in [5.41, 5.74) is 4.93. The molecule has 0 saturated carbocycles. The average molecular weight is 405 g/mol. The number of carbonyl (C=O) groups excluding carboxylic acids is 2. The highest BCUT2D eigenvalue weighted by Gasteiger charge is 2.14. The number of amides is 2. The van der Waals surface area contributed by atoms with Gasteiger partial charge in [0, 0.05) is 0 Å². The summed E-state index contributed by atoms with van der Waals surface area (Å²) in [5, 5.41) is 5.94. The summed E-state index contributed by atoms with van der Waals surface area (Å²) in [7, 11) is 0. The molecule has 30 heavy (non-hydrogen) atoms. The van der Waals surface area contributed by atoms with Crippen molar-refractivity contribution in [3.63, 3.8) is 0 Å². The van der Waals surface area contributed by atoms with Crippen molar-refractivity contribution >= 4 is 23.7 Å². The molecule has 0 heterocycles. The fourth-order valence-corrected chi connectivity index (χ4v) is 2.49. The molecule has 2 N–H and O–H groups in total. The standard InChI is InChI=1S/C23H20FN3O3/c1-16-9-11-17(12-10-16)15-30-19-6-4-5-18(13-19)14-25-27-23(29)22(28)26-21-8-3-2-7-20(21)24/h2-14H,15H2,1H3,(H,26,28)(H,27,29)/b25-14-. The second-order valence-corrected chi connectivity index (χ2v) is 6.48. The van der Waals surface area contributed by atoms with Crippen LogP contribution in [0.5, 0.6) is 5.75 Å². The van der Waals surface area contributed by atoms with Gasteiger partial charge in [-0.15, -0.1) is 0 Å². The van der Waals surface area contributed by atoms with Crippen molar-refractivity contribution in [3.8, 4) is 5.75 Å². The number of rotatable bonds is 6. The van der Waals surface area contributed by atoms with Gasteiger partial charge in [0.25, 0.3) is 0 Å². The Kier molecular flexibility index (Phi) is 6.89. The summed E-state index contributed by atoms with van der Waals surface area (Å²) >= 11 is 0. The maximum atomic E-state index is 13.5. The molecule has 3 rings (SSSR count). The van der Waals surface area contributed by atoms with E-state index in [0.29, 0.717) is 17.9 Å². The second kappa shape index (κ2) is 9.97. The molecule has 2 amide bonds. The number of hydrogen-bond donors (Lipinski definition) is 2. The van der Waals surface area contributed by atoms with E-state index in [9.17, 15) is 14.0 Å². The number of carbonyl (C=O) groups is 2. The van der Waals surface area contributed by atoms with E-state index in [0.717, 1.165) is 5.56 Å². The molecule has 152 valence electrons. The fraction of sp³-hybridized carbons (Fsp3) is 0.0870. The topological polar surface area (TPSA) is 79.8 Å². The molecule has 0 fully saturated rings. The summed E-state index contributed by atoms with van der Waals surface area (Å²) in [6.45, 7) is 2.45. The van der Waals surface area contributed by atoms with E-state index >= 15 is 0 Å². The van der Waals surface area contributed by atoms with E-state index in [-0.39, 0.29) is 5.69 Å². The number of ether oxygens (including phenoxy) is 1. The van der Waals surface area contributed by atoms with Crippen molar-refractivity contribution in [3.05, 3.63) is 95.3 Å². The molecule has 3 aromatic carbocycles. The Balaban J connectivity index is 1.52. The maximum Gasteiger partial charge on any atom is 0.329 e. The zero-order chi connectivity index (χ0) is 21.3. The Bertz CT molecular complexity index is 1070. The highest BCUT2D eigenvalue weighted by Crippen LogP contribution is 2.15. The Morgan fingerprint density at radius 1 is 1.00 bits per heavy atom. The molecule has 3 aromatic rings. The summed E-state index contributed by atoms with van der Waals surface area (Å²) in [6, 6.07) is 20.7. The third-order valence-electron chi connectivity index (χ3n) is 4.09. The zero-order valence-electron chi connectivity index (χ0n) is 16.3. The van der Waals surface area contributed by atoms with Gasteiger partial charge in [-0.2, -0.15) is 5.10 Å². The lowest BCUT2D eigenvalue weighted by Crippen LogP contribution is -2.32. The van der Waals surface area contributed by atoms with Crippen molar-refractivity contribution in [2.24, 2.45) is 5.10 Å². The molecule has 0 aliphatic heterocycles. The molecule has 0 aliphatic carbocycles. The molecule has 0 bridgehead atoms. The van der Waals surface area contributed by atoms with Crippen LogP contribution in [-0.2, 0) is 16.2 Å². The van der Waals surface area contributed by atoms with Gasteiger partial charge in [0.15, 0.2) is 0 Å². The molecule has 6 nitrogen and oxygen atoms in total. The lowest BCUT2D eigenvalue weighted by molar-refractivity contribution is -0.136. The minimum atomic E-state index is -1.02. The number of para-hydroxylation sites is 1. The first-order valence-electron chi connectivity index (χ1n) is 9.18. The fourth-order valence-electron chi connectivity index (χ4n) is 2.49. The van der Waals surface area contributed by atoms with Crippen LogP contribution < -0.4 is 15.5 Å². The summed E-state index contributed by atoms with van der Waals surface area (Å²) in [5.74, 6) is -2.03. The first kappa shape index (κ1) is 20.7. The predicted molar refractivity (Wildman–Crippen MR) is 113 cm³/mol. The van der Waals surface area contributed by atoms with Gasteiger partial charge in [0.1, 0.15) is 18.2 Å². The van der Waals surface area contributed by atoms with Gasteiger partial charge in [-0.05, 0) is 42.3 Å². The van der Waals surface area contributed by atoms with E-state index in [1.165, 1.54) is 30.0 Å². The van der Waals surface area contributed by atoms with Gasteiger partial charge >= 0.3 is 11.8 Å². The SMILES string of the molecule is Cc1ccc(COc2cccc(/C=N\NC(=O)C(=O)Nc3ccccc3F)c2)cc1. The maximum absolute atomic E-state index is 13.5. The molecule has 0 saturated heterocycles. The number of hydrogen-bond acceptors (Lipinski definition) is 4. The van der Waals surface area contributed by atoms with Crippen molar-refractivity contribution in [1.82, 2.24) is 5.43 Å². The van der Waals surface area contributed by atoms with Crippen LogP contribution in [0, 0.1) is 12.7 Å². The Hall–Kier alpha value is -4.00. The van der Waals surface area contributed by atoms with Crippen LogP contribution in [0.15, 0.2) is 77.9 Å². The van der Waals surface area contributed by atoms with E-state index in [4.69, 9.17) is 4.74 Å². The largest absolute Gasteiger partial charge is 0.489 e. The van der Waals surface area contributed by atoms with E-state index in [1.807, 2.05) is 37.3 Å². The normalized spacial score (nSPS) is 10.6. The number of halogens is 1. The Labute approximate surface area is 173 Å². The minimum absolute atomic E-state index is 0.0833. The van der Waals surface area contributed by atoms with Gasteiger partial charge in [0.05, 0.1) is 11.9 Å². The van der Waals surface area contributed by atoms with Crippen LogP contribution in [0.3, 0.4) is 0 Å². The summed E-state index contributed by atoms with van der Waals surface area (Å²) < 4.78 is 19.3. The highest BCUT2D eigenvalue weighted by atomic mass is 19.1. The molecular formula is C23H20FN3O3. The summed E-state index contributed by atoms with van der Waals surface area (Å²) in [4.78, 5) is 23.6. The predicted octanol–water partition coefficient (Wildman–Crippen LogP) is 3.80. The first-order valence-corrected chi connectivity index (χ1v) is 9.18. The zero-order valence-corrected chi connectivity index (χ0v) is 16.3. The number of hydrazone groups is 1. The second-order valence-electron chi connectivity index (χ2n) is 6.48. The summed E-state index contributed by atoms with van der Waals surface area (Å²) in [6.07, 6.45) is 1.38. The van der Waals surface area contributed by atoms with Crippen LogP contribution in [0.4, 0.5) is 10.1 Å². The molecule has 0 atom stereocenters. The number of nitrogens with one attached hydrogen (secondary N) is 2. The number of nitrogens with zero attached hydrogens (tertiary/aromatic N) is 1. The third kappa shape index (κ3) is 6.00. The van der Waals surface area contributed by atoms with Gasteiger partial charge in [0.2, 0.25) is 0 Å². The quantitative estimate of drug-likeness (QED) is 0.372. The lowest BCUT2D eigenvalue weighted by Gasteiger charge is -2.07. The first-order chi connectivity index (χ1) is 14.5. The molecule has 0 aliphatic rings. The van der Waals surface area contributed by atoms with Crippen molar-refractivity contribution in [2.75, 3.05) is 5.32 Å². The van der Waals surface area contributed by atoms with E-state index in [1.54, 1.807) is 24.3 Å². The highest BCUT2D eigenvalue weighted by molar-refractivity contribution is 6.39. The molecule has 0 spiro atoms. The van der Waals surface area contributed by atoms with E-state index in [2.05, 4.69) is 15.8 Å². The number of benzene rings is 3. The van der Waals surface area contributed by atoms with E-state index < -0.39 is 17.6 Å².